The fourth-order valence-electron chi connectivity index (χ4n) is 4.69. The van der Waals surface area contributed by atoms with Crippen molar-refractivity contribution >= 4 is 11.7 Å². The second-order valence-corrected chi connectivity index (χ2v) is 9.34. The quantitative estimate of drug-likeness (QED) is 0.375. The summed E-state index contributed by atoms with van der Waals surface area (Å²) in [4.78, 5) is 20.0. The fraction of sp³-hybridized carbons (Fsp3) is 0.448. The Hall–Kier alpha value is -3.20. The van der Waals surface area contributed by atoms with E-state index in [0.29, 0.717) is 26.3 Å². The summed E-state index contributed by atoms with van der Waals surface area (Å²) in [6.07, 6.45) is 0. The van der Waals surface area contributed by atoms with Crippen molar-refractivity contribution in [2.24, 2.45) is 0 Å². The van der Waals surface area contributed by atoms with Crippen LogP contribution in [0, 0.1) is 6.92 Å². The number of hydrogen-bond donors (Lipinski definition) is 0. The third-order valence-electron chi connectivity index (χ3n) is 6.88. The van der Waals surface area contributed by atoms with E-state index >= 15 is 0 Å². The van der Waals surface area contributed by atoms with Gasteiger partial charge in [0.1, 0.15) is 12.4 Å². The van der Waals surface area contributed by atoms with Gasteiger partial charge in [-0.05, 0) is 31.2 Å². The van der Waals surface area contributed by atoms with Gasteiger partial charge in [-0.2, -0.15) is 5.10 Å². The van der Waals surface area contributed by atoms with Gasteiger partial charge in [0.15, 0.2) is 0 Å². The van der Waals surface area contributed by atoms with Crippen molar-refractivity contribution in [1.82, 2.24) is 19.6 Å². The first-order chi connectivity index (χ1) is 18.1. The van der Waals surface area contributed by atoms with E-state index in [9.17, 15) is 4.79 Å². The first kappa shape index (κ1) is 26.9. The maximum absolute atomic E-state index is 13.3. The number of benzene rings is 2. The zero-order valence-electron chi connectivity index (χ0n) is 22.3. The van der Waals surface area contributed by atoms with Crippen LogP contribution in [0.25, 0.3) is 5.69 Å². The molecule has 0 atom stereocenters. The lowest BCUT2D eigenvalue weighted by atomic mass is 10.2. The molecule has 1 saturated heterocycles. The lowest BCUT2D eigenvalue weighted by Gasteiger charge is -2.36. The predicted octanol–water partition coefficient (Wildman–Crippen LogP) is 3.51. The van der Waals surface area contributed by atoms with Crippen LogP contribution in [-0.4, -0.2) is 85.1 Å². The zero-order chi connectivity index (χ0) is 26.0. The van der Waals surface area contributed by atoms with Crippen molar-refractivity contribution in [1.29, 1.82) is 0 Å². The number of methoxy groups -OCH3 is 1. The Morgan fingerprint density at radius 1 is 1.00 bits per heavy atom. The van der Waals surface area contributed by atoms with Gasteiger partial charge in [-0.1, -0.05) is 55.5 Å². The molecule has 1 aliphatic heterocycles. The van der Waals surface area contributed by atoms with Crippen LogP contribution in [0.3, 0.4) is 0 Å². The molecule has 0 aliphatic carbocycles. The van der Waals surface area contributed by atoms with E-state index in [1.54, 1.807) is 7.11 Å². The van der Waals surface area contributed by atoms with Gasteiger partial charge >= 0.3 is 0 Å². The van der Waals surface area contributed by atoms with Crippen LogP contribution in [-0.2, 0) is 27.4 Å². The normalized spacial score (nSPS) is 14.2. The van der Waals surface area contributed by atoms with E-state index in [1.165, 1.54) is 0 Å². The van der Waals surface area contributed by atoms with Gasteiger partial charge in [0.25, 0.3) is 0 Å². The number of hydrogen-bond acceptors (Lipinski definition) is 6. The first-order valence-corrected chi connectivity index (χ1v) is 13.1. The molecule has 0 radical (unpaired) electrons. The third kappa shape index (κ3) is 6.97. The molecule has 4 rings (SSSR count). The summed E-state index contributed by atoms with van der Waals surface area (Å²) in [5.41, 5.74) is 4.07. The highest BCUT2D eigenvalue weighted by Gasteiger charge is 2.27. The maximum Gasteiger partial charge on any atom is 0.248 e. The highest BCUT2D eigenvalue weighted by molar-refractivity contribution is 5.77. The van der Waals surface area contributed by atoms with Gasteiger partial charge in [0.05, 0.1) is 31.1 Å². The van der Waals surface area contributed by atoms with Gasteiger partial charge < -0.3 is 24.2 Å². The first-order valence-electron chi connectivity index (χ1n) is 13.1. The minimum absolute atomic E-state index is 0.0228. The van der Waals surface area contributed by atoms with Crippen molar-refractivity contribution in [2.75, 3.05) is 64.5 Å². The van der Waals surface area contributed by atoms with Crippen LogP contribution >= 0.6 is 0 Å². The number of likely N-dealkylation sites (N-methyl/N-ethyl adjacent to an activating group) is 1. The second-order valence-electron chi connectivity index (χ2n) is 9.34. The van der Waals surface area contributed by atoms with E-state index in [1.807, 2.05) is 65.0 Å². The van der Waals surface area contributed by atoms with Crippen LogP contribution in [0.2, 0.25) is 0 Å². The highest BCUT2D eigenvalue weighted by Crippen LogP contribution is 2.29. The van der Waals surface area contributed by atoms with Gasteiger partial charge in [-0.25, -0.2) is 4.68 Å². The molecular formula is C29H39N5O3. The van der Waals surface area contributed by atoms with Crippen molar-refractivity contribution in [3.05, 3.63) is 77.5 Å². The van der Waals surface area contributed by atoms with Crippen molar-refractivity contribution in [2.45, 2.75) is 27.0 Å². The number of rotatable bonds is 12. The van der Waals surface area contributed by atoms with Crippen molar-refractivity contribution < 1.29 is 14.3 Å². The number of para-hydroxylation sites is 1. The number of aromatic nitrogens is 2. The number of carbonyl (C=O) groups excluding carboxylic acids is 1. The molecule has 0 spiro atoms. The number of amides is 1. The van der Waals surface area contributed by atoms with E-state index in [0.717, 1.165) is 61.0 Å². The van der Waals surface area contributed by atoms with Crippen LogP contribution in [0.1, 0.15) is 23.7 Å². The number of carbonyl (C=O) groups is 1. The minimum atomic E-state index is -0.0541. The monoisotopic (exact) mass is 505 g/mol. The fourth-order valence-corrected chi connectivity index (χ4v) is 4.69. The molecule has 0 bridgehead atoms. The minimum Gasteiger partial charge on any atom is -0.383 e. The molecule has 2 heterocycles. The van der Waals surface area contributed by atoms with Crippen LogP contribution in [0.4, 0.5) is 5.82 Å². The summed E-state index contributed by atoms with van der Waals surface area (Å²) in [5, 5.41) is 4.95. The summed E-state index contributed by atoms with van der Waals surface area (Å²) in [7, 11) is 1.66. The Morgan fingerprint density at radius 2 is 1.68 bits per heavy atom. The number of piperazine rings is 1. The lowest BCUT2D eigenvalue weighted by molar-refractivity contribution is -0.137. The molecule has 0 saturated carbocycles. The van der Waals surface area contributed by atoms with E-state index in [-0.39, 0.29) is 12.5 Å². The molecule has 0 unspecified atom stereocenters. The average molecular weight is 506 g/mol. The summed E-state index contributed by atoms with van der Waals surface area (Å²) in [6.45, 7) is 11.0. The number of ether oxygens (including phenoxy) is 2. The Labute approximate surface area is 220 Å². The molecular weight excluding hydrogens is 466 g/mol. The van der Waals surface area contributed by atoms with Gasteiger partial charge in [0, 0.05) is 45.4 Å². The maximum atomic E-state index is 13.3. The zero-order valence-corrected chi connectivity index (χ0v) is 22.3. The van der Waals surface area contributed by atoms with E-state index < -0.39 is 0 Å². The Bertz CT molecular complexity index is 1110. The Morgan fingerprint density at radius 3 is 2.32 bits per heavy atom. The molecule has 37 heavy (non-hydrogen) atoms. The molecule has 1 fully saturated rings. The summed E-state index contributed by atoms with van der Waals surface area (Å²) >= 11 is 0. The molecule has 8 nitrogen and oxygen atoms in total. The van der Waals surface area contributed by atoms with Crippen molar-refractivity contribution in [3.63, 3.8) is 0 Å². The predicted molar refractivity (Wildman–Crippen MR) is 146 cm³/mol. The molecule has 8 heteroatoms. The van der Waals surface area contributed by atoms with Crippen LogP contribution in [0.5, 0.6) is 0 Å². The lowest BCUT2D eigenvalue weighted by Crippen LogP contribution is -2.47. The Kier molecular flexibility index (Phi) is 9.71. The smallest absolute Gasteiger partial charge is 0.248 e. The van der Waals surface area contributed by atoms with Crippen LogP contribution in [0.15, 0.2) is 60.7 Å². The van der Waals surface area contributed by atoms with E-state index in [4.69, 9.17) is 14.6 Å². The summed E-state index contributed by atoms with van der Waals surface area (Å²) in [5.74, 6) is 1.02. The largest absolute Gasteiger partial charge is 0.383 e. The van der Waals surface area contributed by atoms with Crippen LogP contribution < -0.4 is 4.90 Å². The average Bonchev–Trinajstić information content (AvgIpc) is 3.27. The number of nitrogens with zero attached hydrogens (tertiary/aromatic N) is 5. The standard InChI is InChI=1S/C29H39N5O3/c1-4-31-15-17-32(18-16-31)29-27(24(2)30-34(29)26-13-9-6-10-14-26)21-33(19-20-36-3)28(35)23-37-22-25-11-7-5-8-12-25/h5-14H,4,15-23H2,1-3H3. The molecule has 1 aliphatic rings. The Balaban J connectivity index is 1.57. The molecule has 1 amide bonds. The van der Waals surface area contributed by atoms with Gasteiger partial charge in [-0.15, -0.1) is 0 Å². The molecule has 3 aromatic rings. The molecule has 0 N–H and O–H groups in total. The van der Waals surface area contributed by atoms with Gasteiger partial charge in [0.2, 0.25) is 5.91 Å². The van der Waals surface area contributed by atoms with Crippen molar-refractivity contribution in [3.8, 4) is 5.69 Å². The molecule has 198 valence electrons. The summed E-state index contributed by atoms with van der Waals surface area (Å²) < 4.78 is 13.2. The molecule has 2 aromatic carbocycles. The summed E-state index contributed by atoms with van der Waals surface area (Å²) in [6, 6.07) is 20.1. The number of aryl methyl sites for hydroxylation is 1. The van der Waals surface area contributed by atoms with E-state index in [2.05, 4.69) is 28.9 Å². The second kappa shape index (κ2) is 13.4. The third-order valence-corrected chi connectivity index (χ3v) is 6.88. The molecule has 1 aromatic heterocycles. The van der Waals surface area contributed by atoms with Gasteiger partial charge in [-0.3, -0.25) is 4.79 Å². The SMILES string of the molecule is CCN1CCN(c2c(CN(CCOC)C(=O)COCc3ccccc3)c(C)nn2-c2ccccc2)CC1. The highest BCUT2D eigenvalue weighted by atomic mass is 16.5. The topological polar surface area (TPSA) is 63.1 Å². The number of anilines is 1.